The average Bonchev–Trinajstić information content (AvgIpc) is 3.08. The molecule has 0 unspecified atom stereocenters. The summed E-state index contributed by atoms with van der Waals surface area (Å²) in [5.74, 6) is -0.586. The number of rotatable bonds is 4. The third kappa shape index (κ3) is 3.83. The monoisotopic (exact) mass is 390 g/mol. The Balaban J connectivity index is 1.96. The molecule has 146 valence electrons. The molecule has 1 aromatic carbocycles. The molecule has 2 heterocycles. The molecule has 0 fully saturated rings. The number of para-hydroxylation sites is 2. The minimum Gasteiger partial charge on any atom is -0.506 e. The largest absolute Gasteiger partial charge is 0.506 e. The van der Waals surface area contributed by atoms with Crippen molar-refractivity contribution in [1.29, 1.82) is 0 Å². The second kappa shape index (κ2) is 7.34. The molecular formula is C19H17F3N4O2. The number of halogens is 3. The van der Waals surface area contributed by atoms with E-state index in [-0.39, 0.29) is 28.7 Å². The maximum atomic E-state index is 12.7. The minimum absolute atomic E-state index is 0.0845. The van der Waals surface area contributed by atoms with Gasteiger partial charge < -0.3 is 10.4 Å². The summed E-state index contributed by atoms with van der Waals surface area (Å²) in [7, 11) is 0. The summed E-state index contributed by atoms with van der Waals surface area (Å²) in [6.45, 7) is 3.66. The third-order valence-electron chi connectivity index (χ3n) is 4.04. The first kappa shape index (κ1) is 19.4. The summed E-state index contributed by atoms with van der Waals surface area (Å²) >= 11 is 0. The zero-order valence-electron chi connectivity index (χ0n) is 15.0. The lowest BCUT2D eigenvalue weighted by atomic mass is 10.1. The number of hydrogen-bond donors (Lipinski definition) is 2. The molecule has 0 saturated carbocycles. The number of nitrogens with zero attached hydrogens (tertiary/aromatic N) is 3. The zero-order chi connectivity index (χ0) is 20.5. The van der Waals surface area contributed by atoms with Crippen LogP contribution in [0.3, 0.4) is 0 Å². The predicted octanol–water partition coefficient (Wildman–Crippen LogP) is 4.37. The van der Waals surface area contributed by atoms with E-state index in [1.807, 2.05) is 13.8 Å². The molecule has 28 heavy (non-hydrogen) atoms. The molecule has 0 atom stereocenters. The number of pyridine rings is 1. The number of phenolic OH excluding ortho intramolecular Hbond substituents is 1. The van der Waals surface area contributed by atoms with Gasteiger partial charge in [-0.05, 0) is 30.2 Å². The topological polar surface area (TPSA) is 80.0 Å². The normalized spacial score (nSPS) is 11.6. The van der Waals surface area contributed by atoms with E-state index in [2.05, 4.69) is 15.4 Å². The van der Waals surface area contributed by atoms with E-state index in [0.717, 1.165) is 12.3 Å². The van der Waals surface area contributed by atoms with Crippen LogP contribution in [-0.2, 0) is 6.18 Å². The first-order chi connectivity index (χ1) is 13.2. The predicted molar refractivity (Wildman–Crippen MR) is 96.5 cm³/mol. The van der Waals surface area contributed by atoms with Gasteiger partial charge in [0, 0.05) is 6.20 Å². The van der Waals surface area contributed by atoms with E-state index in [9.17, 15) is 23.1 Å². The molecule has 2 N–H and O–H groups in total. The summed E-state index contributed by atoms with van der Waals surface area (Å²) in [6.07, 6.45) is -2.44. The maximum absolute atomic E-state index is 12.7. The van der Waals surface area contributed by atoms with Gasteiger partial charge in [0.1, 0.15) is 5.75 Å². The highest BCUT2D eigenvalue weighted by molar-refractivity contribution is 6.05. The second-order valence-electron chi connectivity index (χ2n) is 6.38. The molecule has 0 bridgehead atoms. The van der Waals surface area contributed by atoms with Crippen LogP contribution in [0.4, 0.5) is 18.9 Å². The Hall–Kier alpha value is -3.36. The fourth-order valence-electron chi connectivity index (χ4n) is 2.72. The van der Waals surface area contributed by atoms with Crippen molar-refractivity contribution in [2.45, 2.75) is 25.9 Å². The quantitative estimate of drug-likeness (QED) is 0.649. The standard InChI is InChI=1S/C19H17F3N4O2/c1-11(2)17-13(18(28)25-14-5-3-4-6-15(14)27)10-24-26(17)16-8-7-12(9-23-16)19(20,21)22/h3-11,27H,1-2H3,(H,25,28). The highest BCUT2D eigenvalue weighted by atomic mass is 19.4. The Morgan fingerprint density at radius 2 is 1.86 bits per heavy atom. The number of carbonyl (C=O) groups excluding carboxylic acids is 1. The fraction of sp³-hybridized carbons (Fsp3) is 0.211. The Bertz CT molecular complexity index is 995. The number of alkyl halides is 3. The molecule has 0 aliphatic heterocycles. The highest BCUT2D eigenvalue weighted by Gasteiger charge is 2.31. The molecule has 3 rings (SSSR count). The smallest absolute Gasteiger partial charge is 0.417 e. The Labute approximate surface area is 158 Å². The molecule has 6 nitrogen and oxygen atoms in total. The van der Waals surface area contributed by atoms with Gasteiger partial charge in [0.2, 0.25) is 0 Å². The molecule has 0 aliphatic rings. The SMILES string of the molecule is CC(C)c1c(C(=O)Nc2ccccc2O)cnn1-c1ccc(C(F)(F)F)cn1. The lowest BCUT2D eigenvalue weighted by Crippen LogP contribution is -2.16. The molecule has 1 amide bonds. The molecule has 0 spiro atoms. The van der Waals surface area contributed by atoms with Gasteiger partial charge in [-0.15, -0.1) is 0 Å². The fourth-order valence-corrected chi connectivity index (χ4v) is 2.72. The van der Waals surface area contributed by atoms with Crippen molar-refractivity contribution in [1.82, 2.24) is 14.8 Å². The number of anilines is 1. The molecule has 0 saturated heterocycles. The summed E-state index contributed by atoms with van der Waals surface area (Å²) in [6, 6.07) is 8.38. The van der Waals surface area contributed by atoms with Crippen LogP contribution in [0.2, 0.25) is 0 Å². The van der Waals surface area contributed by atoms with Gasteiger partial charge in [-0.2, -0.15) is 18.3 Å². The van der Waals surface area contributed by atoms with E-state index in [0.29, 0.717) is 5.69 Å². The Morgan fingerprint density at radius 3 is 2.43 bits per heavy atom. The molecule has 0 aliphatic carbocycles. The number of benzene rings is 1. The molecule has 3 aromatic rings. The molecular weight excluding hydrogens is 373 g/mol. The maximum Gasteiger partial charge on any atom is 0.417 e. The van der Waals surface area contributed by atoms with Gasteiger partial charge in [0.15, 0.2) is 5.82 Å². The Kier molecular flexibility index (Phi) is 5.08. The van der Waals surface area contributed by atoms with Crippen molar-refractivity contribution in [2.75, 3.05) is 5.32 Å². The van der Waals surface area contributed by atoms with Gasteiger partial charge in [0.25, 0.3) is 5.91 Å². The van der Waals surface area contributed by atoms with Gasteiger partial charge >= 0.3 is 6.18 Å². The lowest BCUT2D eigenvalue weighted by Gasteiger charge is -2.13. The number of hydrogen-bond acceptors (Lipinski definition) is 4. The number of aromatic nitrogens is 3. The molecule has 0 radical (unpaired) electrons. The number of carbonyl (C=O) groups is 1. The second-order valence-corrected chi connectivity index (χ2v) is 6.38. The lowest BCUT2D eigenvalue weighted by molar-refractivity contribution is -0.137. The van der Waals surface area contributed by atoms with Crippen LogP contribution in [0.1, 0.15) is 41.4 Å². The first-order valence-electron chi connectivity index (χ1n) is 8.39. The highest BCUT2D eigenvalue weighted by Crippen LogP contribution is 2.30. The summed E-state index contributed by atoms with van der Waals surface area (Å²) < 4.78 is 39.6. The van der Waals surface area contributed by atoms with E-state index in [1.54, 1.807) is 18.2 Å². The van der Waals surface area contributed by atoms with Crippen LogP contribution in [0.15, 0.2) is 48.8 Å². The van der Waals surface area contributed by atoms with Crippen molar-refractivity contribution in [3.63, 3.8) is 0 Å². The van der Waals surface area contributed by atoms with E-state index >= 15 is 0 Å². The third-order valence-corrected chi connectivity index (χ3v) is 4.04. The minimum atomic E-state index is -4.49. The number of aromatic hydroxyl groups is 1. The van der Waals surface area contributed by atoms with Crippen molar-refractivity contribution < 1.29 is 23.1 Å². The van der Waals surface area contributed by atoms with Crippen LogP contribution in [0.25, 0.3) is 5.82 Å². The summed E-state index contributed by atoms with van der Waals surface area (Å²) in [5.41, 5.74) is 0.0924. The van der Waals surface area contributed by atoms with E-state index in [4.69, 9.17) is 0 Å². The Morgan fingerprint density at radius 1 is 1.14 bits per heavy atom. The van der Waals surface area contributed by atoms with Crippen molar-refractivity contribution >= 4 is 11.6 Å². The first-order valence-corrected chi connectivity index (χ1v) is 8.39. The van der Waals surface area contributed by atoms with Crippen LogP contribution in [-0.4, -0.2) is 25.8 Å². The van der Waals surface area contributed by atoms with Crippen LogP contribution >= 0.6 is 0 Å². The van der Waals surface area contributed by atoms with E-state index < -0.39 is 17.6 Å². The van der Waals surface area contributed by atoms with Gasteiger partial charge in [-0.25, -0.2) is 9.67 Å². The van der Waals surface area contributed by atoms with E-state index in [1.165, 1.54) is 23.0 Å². The summed E-state index contributed by atoms with van der Waals surface area (Å²) in [4.78, 5) is 16.5. The summed E-state index contributed by atoms with van der Waals surface area (Å²) in [5, 5.41) is 16.6. The van der Waals surface area contributed by atoms with Gasteiger partial charge in [-0.3, -0.25) is 4.79 Å². The molecule has 9 heteroatoms. The number of nitrogens with one attached hydrogen (secondary N) is 1. The van der Waals surface area contributed by atoms with Crippen molar-refractivity contribution in [3.8, 4) is 11.6 Å². The van der Waals surface area contributed by atoms with Crippen LogP contribution in [0, 0.1) is 0 Å². The van der Waals surface area contributed by atoms with Gasteiger partial charge in [-0.1, -0.05) is 26.0 Å². The number of phenols is 1. The van der Waals surface area contributed by atoms with Crippen LogP contribution in [0.5, 0.6) is 5.75 Å². The zero-order valence-corrected chi connectivity index (χ0v) is 15.0. The van der Waals surface area contributed by atoms with Crippen molar-refractivity contribution in [3.05, 3.63) is 65.6 Å². The molecule has 2 aromatic heterocycles. The number of amides is 1. The van der Waals surface area contributed by atoms with Crippen molar-refractivity contribution in [2.24, 2.45) is 0 Å². The van der Waals surface area contributed by atoms with Crippen LogP contribution < -0.4 is 5.32 Å². The van der Waals surface area contributed by atoms with Gasteiger partial charge in [0.05, 0.1) is 28.7 Å². The average molecular weight is 390 g/mol.